The van der Waals surface area contributed by atoms with E-state index in [-0.39, 0.29) is 10.7 Å². The van der Waals surface area contributed by atoms with Crippen LogP contribution in [-0.4, -0.2) is 33.9 Å². The summed E-state index contributed by atoms with van der Waals surface area (Å²) in [6, 6.07) is 3.51. The molecule has 3 heterocycles. The number of halogens is 3. The van der Waals surface area contributed by atoms with E-state index in [1.54, 1.807) is 5.38 Å². The molecule has 2 aromatic heterocycles. The molecule has 0 radical (unpaired) electrons. The molecule has 0 spiro atoms. The Morgan fingerprint density at radius 3 is 2.71 bits per heavy atom. The van der Waals surface area contributed by atoms with Crippen molar-refractivity contribution in [3.8, 4) is 11.3 Å². The molecule has 0 atom stereocenters. The number of hydrogen-bond donors (Lipinski definition) is 1. The Balaban J connectivity index is 1.53. The van der Waals surface area contributed by atoms with Gasteiger partial charge in [0.25, 0.3) is 5.91 Å². The third-order valence-corrected chi connectivity index (χ3v) is 5.31. The highest BCUT2D eigenvalue weighted by Gasteiger charge is 2.20. The van der Waals surface area contributed by atoms with Crippen molar-refractivity contribution in [3.63, 3.8) is 0 Å². The molecule has 1 aromatic carbocycles. The van der Waals surface area contributed by atoms with E-state index in [0.717, 1.165) is 49.4 Å². The zero-order valence-corrected chi connectivity index (χ0v) is 16.0. The average molecular weight is 422 g/mol. The number of hydrogen-bond acceptors (Lipinski definition) is 6. The Morgan fingerprint density at radius 1 is 1.18 bits per heavy atom. The van der Waals surface area contributed by atoms with Crippen molar-refractivity contribution in [1.29, 1.82) is 0 Å². The molecule has 3 aromatic rings. The summed E-state index contributed by atoms with van der Waals surface area (Å²) in [5, 5.41) is 4.71. The average Bonchev–Trinajstić information content (AvgIpc) is 3.36. The molecule has 1 amide bonds. The largest absolute Gasteiger partial charge is 0.341 e. The normalized spacial score (nSPS) is 13.8. The van der Waals surface area contributed by atoms with Crippen LogP contribution in [0.1, 0.15) is 23.3 Å². The first kappa shape index (κ1) is 18.7. The van der Waals surface area contributed by atoms with Crippen LogP contribution in [0.4, 0.5) is 19.9 Å². The number of thiazole rings is 1. The molecular formula is C18H14ClF2N5OS. The molecule has 144 valence electrons. The Bertz CT molecular complexity index is 1040. The zero-order chi connectivity index (χ0) is 19.7. The van der Waals surface area contributed by atoms with Crippen molar-refractivity contribution >= 4 is 39.9 Å². The molecule has 0 unspecified atom stereocenters. The fourth-order valence-corrected chi connectivity index (χ4v) is 3.75. The van der Waals surface area contributed by atoms with Crippen LogP contribution < -0.4 is 10.2 Å². The summed E-state index contributed by atoms with van der Waals surface area (Å²) in [4.78, 5) is 27.3. The lowest BCUT2D eigenvalue weighted by molar-refractivity contribution is 0.102. The second-order valence-electron chi connectivity index (χ2n) is 6.18. The van der Waals surface area contributed by atoms with E-state index in [4.69, 9.17) is 11.6 Å². The molecule has 0 bridgehead atoms. The molecule has 0 saturated carbocycles. The number of rotatable bonds is 4. The molecular weight excluding hydrogens is 408 g/mol. The van der Waals surface area contributed by atoms with Crippen LogP contribution >= 0.6 is 22.9 Å². The number of amides is 1. The van der Waals surface area contributed by atoms with Gasteiger partial charge in [-0.05, 0) is 31.0 Å². The first-order valence-corrected chi connectivity index (χ1v) is 9.77. The number of benzene rings is 1. The summed E-state index contributed by atoms with van der Waals surface area (Å²) >= 11 is 7.26. The van der Waals surface area contributed by atoms with Gasteiger partial charge in [0, 0.05) is 24.0 Å². The molecule has 1 aliphatic rings. The summed E-state index contributed by atoms with van der Waals surface area (Å²) < 4.78 is 26.5. The maximum Gasteiger partial charge on any atom is 0.277 e. The minimum atomic E-state index is -0.960. The highest BCUT2D eigenvalue weighted by molar-refractivity contribution is 7.14. The summed E-state index contributed by atoms with van der Waals surface area (Å²) in [6.07, 6.45) is 3.52. The van der Waals surface area contributed by atoms with Gasteiger partial charge < -0.3 is 4.90 Å². The number of carbonyl (C=O) groups is 1. The van der Waals surface area contributed by atoms with Crippen molar-refractivity contribution in [2.75, 3.05) is 23.3 Å². The van der Waals surface area contributed by atoms with Gasteiger partial charge >= 0.3 is 0 Å². The molecule has 1 saturated heterocycles. The highest BCUT2D eigenvalue weighted by atomic mass is 35.5. The maximum absolute atomic E-state index is 13.4. The van der Waals surface area contributed by atoms with Gasteiger partial charge in [0.1, 0.15) is 0 Å². The fourth-order valence-electron chi connectivity index (χ4n) is 2.86. The fraction of sp³-hybridized carbons (Fsp3) is 0.222. The van der Waals surface area contributed by atoms with Crippen molar-refractivity contribution in [1.82, 2.24) is 15.0 Å². The molecule has 0 aliphatic carbocycles. The van der Waals surface area contributed by atoms with Crippen LogP contribution in [0.25, 0.3) is 11.3 Å². The van der Waals surface area contributed by atoms with Gasteiger partial charge in [0.15, 0.2) is 22.5 Å². The van der Waals surface area contributed by atoms with E-state index >= 15 is 0 Å². The molecule has 1 aliphatic heterocycles. The standard InChI is InChI=1S/C18H14ClF2N5OS/c19-11-8-22-17(26-5-1-2-6-26)24-15(11)16(27)25-18-23-14(9-28-18)10-3-4-12(20)13(21)7-10/h3-4,7-9H,1-2,5-6H2,(H,23,25,27). The lowest BCUT2D eigenvalue weighted by Gasteiger charge is -2.15. The summed E-state index contributed by atoms with van der Waals surface area (Å²) in [5.74, 6) is -1.94. The lowest BCUT2D eigenvalue weighted by Crippen LogP contribution is -2.23. The van der Waals surface area contributed by atoms with E-state index in [1.165, 1.54) is 12.3 Å². The summed E-state index contributed by atoms with van der Waals surface area (Å²) in [6.45, 7) is 1.68. The van der Waals surface area contributed by atoms with E-state index in [0.29, 0.717) is 22.3 Å². The van der Waals surface area contributed by atoms with Gasteiger partial charge in [0.05, 0.1) is 16.9 Å². The maximum atomic E-state index is 13.4. The van der Waals surface area contributed by atoms with Gasteiger partial charge in [-0.3, -0.25) is 10.1 Å². The van der Waals surface area contributed by atoms with Crippen LogP contribution in [0.15, 0.2) is 29.8 Å². The van der Waals surface area contributed by atoms with E-state index in [9.17, 15) is 13.6 Å². The molecule has 6 nitrogen and oxygen atoms in total. The van der Waals surface area contributed by atoms with Crippen molar-refractivity contribution in [3.05, 3.63) is 52.1 Å². The van der Waals surface area contributed by atoms with Crippen LogP contribution in [0.5, 0.6) is 0 Å². The van der Waals surface area contributed by atoms with Crippen molar-refractivity contribution < 1.29 is 13.6 Å². The van der Waals surface area contributed by atoms with Crippen LogP contribution in [-0.2, 0) is 0 Å². The predicted molar refractivity (Wildman–Crippen MR) is 104 cm³/mol. The summed E-state index contributed by atoms with van der Waals surface area (Å²) in [7, 11) is 0. The van der Waals surface area contributed by atoms with E-state index in [2.05, 4.69) is 20.3 Å². The SMILES string of the molecule is O=C(Nc1nc(-c2ccc(F)c(F)c2)cs1)c1nc(N2CCCC2)ncc1Cl. The molecule has 10 heteroatoms. The van der Waals surface area contributed by atoms with Gasteiger partial charge in [-0.15, -0.1) is 11.3 Å². The van der Waals surface area contributed by atoms with Crippen molar-refractivity contribution in [2.45, 2.75) is 12.8 Å². The molecule has 28 heavy (non-hydrogen) atoms. The van der Waals surface area contributed by atoms with Gasteiger partial charge in [0.2, 0.25) is 5.95 Å². The number of anilines is 2. The minimum Gasteiger partial charge on any atom is -0.341 e. The quantitative estimate of drug-likeness (QED) is 0.676. The van der Waals surface area contributed by atoms with E-state index < -0.39 is 17.5 Å². The van der Waals surface area contributed by atoms with E-state index in [1.807, 2.05) is 4.90 Å². The lowest BCUT2D eigenvalue weighted by atomic mass is 10.2. The molecule has 1 fully saturated rings. The smallest absolute Gasteiger partial charge is 0.277 e. The first-order chi connectivity index (χ1) is 13.5. The van der Waals surface area contributed by atoms with Crippen LogP contribution in [0.2, 0.25) is 5.02 Å². The third kappa shape index (κ3) is 3.81. The van der Waals surface area contributed by atoms with Gasteiger partial charge in [-0.1, -0.05) is 11.6 Å². The Hall–Kier alpha value is -2.65. The molecule has 1 N–H and O–H groups in total. The second kappa shape index (κ2) is 7.76. The number of aromatic nitrogens is 3. The zero-order valence-electron chi connectivity index (χ0n) is 14.5. The number of carbonyl (C=O) groups excluding carboxylic acids is 1. The topological polar surface area (TPSA) is 71.0 Å². The number of nitrogens with zero attached hydrogens (tertiary/aromatic N) is 4. The monoisotopic (exact) mass is 421 g/mol. The Labute approximate surface area is 168 Å². The Morgan fingerprint density at radius 2 is 1.96 bits per heavy atom. The summed E-state index contributed by atoms with van der Waals surface area (Å²) in [5.41, 5.74) is 0.890. The predicted octanol–water partition coefficient (Wildman–Crippen LogP) is 4.38. The Kier molecular flexibility index (Phi) is 5.19. The second-order valence-corrected chi connectivity index (χ2v) is 7.45. The number of nitrogens with one attached hydrogen (secondary N) is 1. The molecule has 4 rings (SSSR count). The highest BCUT2D eigenvalue weighted by Crippen LogP contribution is 2.27. The first-order valence-electron chi connectivity index (χ1n) is 8.51. The minimum absolute atomic E-state index is 0.0585. The van der Waals surface area contributed by atoms with Crippen LogP contribution in [0, 0.1) is 11.6 Å². The van der Waals surface area contributed by atoms with Crippen molar-refractivity contribution in [2.24, 2.45) is 0 Å². The third-order valence-electron chi connectivity index (χ3n) is 4.28. The van der Waals surface area contributed by atoms with Gasteiger partial charge in [-0.2, -0.15) is 0 Å². The van der Waals surface area contributed by atoms with Crippen LogP contribution in [0.3, 0.4) is 0 Å². The van der Waals surface area contributed by atoms with Gasteiger partial charge in [-0.25, -0.2) is 23.7 Å².